The van der Waals surface area contributed by atoms with Crippen LogP contribution in [0.3, 0.4) is 0 Å². The summed E-state index contributed by atoms with van der Waals surface area (Å²) in [7, 11) is 0. The molecular weight excluding hydrogens is 467 g/mol. The largest absolute Gasteiger partial charge is 0.494 e. The van der Waals surface area contributed by atoms with Crippen molar-refractivity contribution in [3.63, 3.8) is 0 Å². The molecule has 0 saturated carbocycles. The summed E-state index contributed by atoms with van der Waals surface area (Å²) in [5.74, 6) is 1.33. The minimum Gasteiger partial charge on any atom is -0.494 e. The lowest BCUT2D eigenvalue weighted by molar-refractivity contribution is 0.0734. The maximum absolute atomic E-state index is 14.0. The van der Waals surface area contributed by atoms with Gasteiger partial charge in [0.15, 0.2) is 0 Å². The second-order valence-corrected chi connectivity index (χ2v) is 9.82. The monoisotopic (exact) mass is 514 g/mol. The van der Waals surface area contributed by atoms with Crippen LogP contribution in [0, 0.1) is 0 Å². The van der Waals surface area contributed by atoms with E-state index in [0.29, 0.717) is 30.1 Å². The van der Waals surface area contributed by atoms with Crippen LogP contribution in [0.1, 0.15) is 114 Å². The molecule has 1 unspecified atom stereocenters. The van der Waals surface area contributed by atoms with Crippen LogP contribution in [-0.4, -0.2) is 25.4 Å². The summed E-state index contributed by atoms with van der Waals surface area (Å²) in [6.07, 6.45) is 15.2. The highest BCUT2D eigenvalue weighted by Crippen LogP contribution is 2.21. The number of carbonyl (C=O) groups is 1. The Labute approximate surface area is 223 Å². The van der Waals surface area contributed by atoms with Gasteiger partial charge in [-0.15, -0.1) is 0 Å². The number of esters is 1. The van der Waals surface area contributed by atoms with E-state index in [9.17, 15) is 9.18 Å². The van der Waals surface area contributed by atoms with Crippen molar-refractivity contribution in [3.8, 4) is 17.2 Å². The molecule has 0 amide bonds. The number of hydrogen-bond acceptors (Lipinski definition) is 4. The molecule has 0 aliphatic heterocycles. The molecule has 4 nitrogen and oxygen atoms in total. The lowest BCUT2D eigenvalue weighted by Crippen LogP contribution is -2.13. The number of rotatable bonds is 21. The van der Waals surface area contributed by atoms with Gasteiger partial charge in [0.2, 0.25) is 0 Å². The van der Waals surface area contributed by atoms with Crippen molar-refractivity contribution in [2.24, 2.45) is 0 Å². The van der Waals surface area contributed by atoms with Crippen molar-refractivity contribution in [1.29, 1.82) is 0 Å². The Morgan fingerprint density at radius 1 is 0.649 bits per heavy atom. The lowest BCUT2D eigenvalue weighted by Gasteiger charge is -2.11. The topological polar surface area (TPSA) is 44.8 Å². The first kappa shape index (κ1) is 30.7. The van der Waals surface area contributed by atoms with Crippen LogP contribution in [0.25, 0.3) is 0 Å². The molecule has 0 heterocycles. The molecule has 0 radical (unpaired) electrons. The molecule has 5 heteroatoms. The second kappa shape index (κ2) is 19.5. The summed E-state index contributed by atoms with van der Waals surface area (Å²) in [5.41, 5.74) is 0.412. The molecular formula is C32H47FO4. The third-order valence-electron chi connectivity index (χ3n) is 6.44. The highest BCUT2D eigenvalue weighted by molar-refractivity contribution is 5.91. The van der Waals surface area contributed by atoms with Crippen molar-refractivity contribution in [3.05, 3.63) is 54.1 Å². The first-order valence-electron chi connectivity index (χ1n) is 14.4. The van der Waals surface area contributed by atoms with Crippen LogP contribution in [0.2, 0.25) is 0 Å². The summed E-state index contributed by atoms with van der Waals surface area (Å²) in [6.45, 7) is 5.14. The van der Waals surface area contributed by atoms with E-state index in [1.54, 1.807) is 36.4 Å². The number of unbranched alkanes of at least 4 members (excludes halogenated alkanes) is 11. The van der Waals surface area contributed by atoms with E-state index in [1.165, 1.54) is 64.2 Å². The number of alkyl halides is 1. The molecule has 0 aliphatic rings. The van der Waals surface area contributed by atoms with Crippen LogP contribution in [0.5, 0.6) is 17.2 Å². The van der Waals surface area contributed by atoms with E-state index in [0.717, 1.165) is 25.0 Å². The predicted octanol–water partition coefficient (Wildman–Crippen LogP) is 9.50. The molecule has 0 fully saturated rings. The summed E-state index contributed by atoms with van der Waals surface area (Å²) >= 11 is 0. The van der Waals surface area contributed by atoms with Crippen LogP contribution in [0.15, 0.2) is 48.5 Å². The Morgan fingerprint density at radius 3 is 1.76 bits per heavy atom. The van der Waals surface area contributed by atoms with Crippen LogP contribution in [0.4, 0.5) is 4.39 Å². The van der Waals surface area contributed by atoms with Gasteiger partial charge in [-0.3, -0.25) is 0 Å². The number of carbonyl (C=O) groups excluding carboxylic acids is 1. The average Bonchev–Trinajstić information content (AvgIpc) is 2.92. The third kappa shape index (κ3) is 14.1. The second-order valence-electron chi connectivity index (χ2n) is 9.82. The van der Waals surface area contributed by atoms with Gasteiger partial charge in [0.1, 0.15) is 30.0 Å². The predicted molar refractivity (Wildman–Crippen MR) is 150 cm³/mol. The van der Waals surface area contributed by atoms with Gasteiger partial charge in [-0.1, -0.05) is 90.9 Å². The average molecular weight is 515 g/mol. The Kier molecular flexibility index (Phi) is 16.2. The maximum Gasteiger partial charge on any atom is 0.343 e. The number of hydrogen-bond donors (Lipinski definition) is 0. The Hall–Kier alpha value is -2.56. The molecule has 0 spiro atoms. The van der Waals surface area contributed by atoms with Gasteiger partial charge in [-0.2, -0.15) is 0 Å². The number of benzene rings is 2. The number of halogens is 1. The quantitative estimate of drug-likeness (QED) is 0.0945. The van der Waals surface area contributed by atoms with Gasteiger partial charge in [-0.25, -0.2) is 9.18 Å². The van der Waals surface area contributed by atoms with E-state index in [4.69, 9.17) is 14.2 Å². The van der Waals surface area contributed by atoms with E-state index in [-0.39, 0.29) is 6.61 Å². The molecule has 37 heavy (non-hydrogen) atoms. The third-order valence-corrected chi connectivity index (χ3v) is 6.44. The normalized spacial score (nSPS) is 11.8. The Bertz CT molecular complexity index is 835. The van der Waals surface area contributed by atoms with Gasteiger partial charge in [0.25, 0.3) is 0 Å². The zero-order valence-electron chi connectivity index (χ0n) is 23.0. The zero-order chi connectivity index (χ0) is 26.6. The number of ether oxygens (including phenoxy) is 3. The van der Waals surface area contributed by atoms with Crippen molar-refractivity contribution < 1.29 is 23.4 Å². The van der Waals surface area contributed by atoms with Crippen LogP contribution >= 0.6 is 0 Å². The Morgan fingerprint density at radius 2 is 1.14 bits per heavy atom. The van der Waals surface area contributed by atoms with Gasteiger partial charge in [-0.05, 0) is 61.4 Å². The van der Waals surface area contributed by atoms with Crippen molar-refractivity contribution in [2.45, 2.75) is 110 Å². The molecule has 206 valence electrons. The maximum atomic E-state index is 14.0. The molecule has 0 aromatic heterocycles. The van der Waals surface area contributed by atoms with E-state index in [2.05, 4.69) is 13.8 Å². The molecule has 2 aromatic rings. The van der Waals surface area contributed by atoms with E-state index in [1.807, 2.05) is 12.1 Å². The molecule has 0 saturated heterocycles. The summed E-state index contributed by atoms with van der Waals surface area (Å²) in [6, 6.07) is 13.7. The summed E-state index contributed by atoms with van der Waals surface area (Å²) in [5, 5.41) is 0. The fraction of sp³-hybridized carbons (Fsp3) is 0.594. The smallest absolute Gasteiger partial charge is 0.343 e. The van der Waals surface area contributed by atoms with E-state index >= 15 is 0 Å². The SMILES string of the molecule is CCCCCCCCCCOc1ccc(OC(=O)c2ccc(OCC(F)CCCCCCC)cc2)cc1. The summed E-state index contributed by atoms with van der Waals surface area (Å²) < 4.78 is 30.9. The van der Waals surface area contributed by atoms with Gasteiger partial charge >= 0.3 is 5.97 Å². The summed E-state index contributed by atoms with van der Waals surface area (Å²) in [4.78, 5) is 12.5. The standard InChI is InChI=1S/C32H47FO4/c1-3-5-7-9-10-11-13-15-25-35-29-21-23-31(24-22-29)37-32(34)27-17-19-30(20-18-27)36-26-28(33)16-14-12-8-6-4-2/h17-24,28H,3-16,25-26H2,1-2H3. The minimum absolute atomic E-state index is 0.0328. The fourth-order valence-electron chi connectivity index (χ4n) is 4.12. The fourth-order valence-corrected chi connectivity index (χ4v) is 4.12. The first-order valence-corrected chi connectivity index (χ1v) is 14.4. The zero-order valence-corrected chi connectivity index (χ0v) is 23.0. The van der Waals surface area contributed by atoms with E-state index < -0.39 is 12.1 Å². The van der Waals surface area contributed by atoms with Crippen LogP contribution < -0.4 is 14.2 Å². The molecule has 2 aromatic carbocycles. The minimum atomic E-state index is -0.974. The molecule has 0 bridgehead atoms. The lowest BCUT2D eigenvalue weighted by atomic mass is 10.1. The van der Waals surface area contributed by atoms with Gasteiger partial charge in [0.05, 0.1) is 12.2 Å². The van der Waals surface area contributed by atoms with Crippen LogP contribution in [-0.2, 0) is 0 Å². The van der Waals surface area contributed by atoms with Gasteiger partial charge < -0.3 is 14.2 Å². The first-order chi connectivity index (χ1) is 18.1. The molecule has 2 rings (SSSR count). The van der Waals surface area contributed by atoms with Gasteiger partial charge in [0, 0.05) is 0 Å². The van der Waals surface area contributed by atoms with Crippen molar-refractivity contribution >= 4 is 5.97 Å². The van der Waals surface area contributed by atoms with Crippen molar-refractivity contribution in [1.82, 2.24) is 0 Å². The van der Waals surface area contributed by atoms with Crippen molar-refractivity contribution in [2.75, 3.05) is 13.2 Å². The highest BCUT2D eigenvalue weighted by atomic mass is 19.1. The molecule has 1 atom stereocenters. The Balaban J connectivity index is 1.63. The highest BCUT2D eigenvalue weighted by Gasteiger charge is 2.11. The molecule has 0 N–H and O–H groups in total. The molecule has 0 aliphatic carbocycles.